The summed E-state index contributed by atoms with van der Waals surface area (Å²) < 4.78 is 18.0. The van der Waals surface area contributed by atoms with Gasteiger partial charge >= 0.3 is 0 Å². The highest BCUT2D eigenvalue weighted by Crippen LogP contribution is 2.19. The zero-order chi connectivity index (χ0) is 14.8. The Bertz CT molecular complexity index is 418. The maximum Gasteiger partial charge on any atom is 0.220 e. The summed E-state index contributed by atoms with van der Waals surface area (Å²) in [6.07, 6.45) is 0.363. The number of amides is 1. The van der Waals surface area contributed by atoms with Crippen LogP contribution in [0.4, 0.5) is 4.39 Å². The molecule has 2 N–H and O–H groups in total. The van der Waals surface area contributed by atoms with E-state index in [0.717, 1.165) is 12.1 Å². The van der Waals surface area contributed by atoms with Crippen molar-refractivity contribution in [3.8, 4) is 0 Å². The van der Waals surface area contributed by atoms with E-state index in [1.54, 1.807) is 13.2 Å². The van der Waals surface area contributed by atoms with Gasteiger partial charge < -0.3 is 15.4 Å². The molecule has 0 fully saturated rings. The van der Waals surface area contributed by atoms with Crippen molar-refractivity contribution in [3.63, 3.8) is 0 Å². The highest BCUT2D eigenvalue weighted by Gasteiger charge is 2.11. The van der Waals surface area contributed by atoms with Crippen LogP contribution in [-0.2, 0) is 9.53 Å². The third-order valence-corrected chi connectivity index (χ3v) is 3.02. The van der Waals surface area contributed by atoms with Gasteiger partial charge in [0.2, 0.25) is 5.91 Å². The number of benzene rings is 1. The molecular formula is C15H24ClFN2O2. The van der Waals surface area contributed by atoms with E-state index < -0.39 is 0 Å². The first-order valence-corrected chi connectivity index (χ1v) is 6.85. The molecule has 0 radical (unpaired) electrons. The maximum atomic E-state index is 13.1. The van der Waals surface area contributed by atoms with Crippen molar-refractivity contribution in [1.82, 2.24) is 10.6 Å². The van der Waals surface area contributed by atoms with Gasteiger partial charge in [0, 0.05) is 33.2 Å². The number of hydrogen-bond acceptors (Lipinski definition) is 3. The number of rotatable bonds is 9. The minimum atomic E-state index is -0.267. The van der Waals surface area contributed by atoms with Gasteiger partial charge in [-0.05, 0) is 23.6 Å². The van der Waals surface area contributed by atoms with Crippen molar-refractivity contribution in [3.05, 3.63) is 35.6 Å². The number of halogens is 2. The lowest BCUT2D eigenvalue weighted by molar-refractivity contribution is -0.121. The highest BCUT2D eigenvalue weighted by atomic mass is 35.5. The van der Waals surface area contributed by atoms with Crippen molar-refractivity contribution in [2.75, 3.05) is 33.4 Å². The second kappa shape index (κ2) is 11.5. The standard InChI is InChI=1S/C15H23FN2O2.ClH/c1-12(13-4-3-5-14(16)11-13)10-15(19)18-7-6-17-8-9-20-2;/h3-5,11-12,17H,6-10H2,1-2H3,(H,18,19);1H. The monoisotopic (exact) mass is 318 g/mol. The lowest BCUT2D eigenvalue weighted by Gasteiger charge is -2.12. The lowest BCUT2D eigenvalue weighted by Crippen LogP contribution is -2.33. The molecule has 0 aliphatic carbocycles. The number of ether oxygens (including phenoxy) is 1. The molecule has 21 heavy (non-hydrogen) atoms. The first-order chi connectivity index (χ1) is 9.63. The van der Waals surface area contributed by atoms with Crippen molar-refractivity contribution >= 4 is 18.3 Å². The Morgan fingerprint density at radius 3 is 2.76 bits per heavy atom. The van der Waals surface area contributed by atoms with E-state index >= 15 is 0 Å². The van der Waals surface area contributed by atoms with E-state index in [9.17, 15) is 9.18 Å². The maximum absolute atomic E-state index is 13.1. The van der Waals surface area contributed by atoms with Gasteiger partial charge in [0.05, 0.1) is 6.61 Å². The Labute approximate surface area is 131 Å². The zero-order valence-electron chi connectivity index (χ0n) is 12.5. The van der Waals surface area contributed by atoms with Gasteiger partial charge in [-0.3, -0.25) is 4.79 Å². The van der Waals surface area contributed by atoms with Crippen molar-refractivity contribution < 1.29 is 13.9 Å². The minimum Gasteiger partial charge on any atom is -0.383 e. The molecule has 1 unspecified atom stereocenters. The summed E-state index contributed by atoms with van der Waals surface area (Å²) in [5, 5.41) is 5.98. The van der Waals surface area contributed by atoms with Crippen LogP contribution in [0.25, 0.3) is 0 Å². The van der Waals surface area contributed by atoms with Crippen LogP contribution >= 0.6 is 12.4 Å². The van der Waals surface area contributed by atoms with E-state index in [0.29, 0.717) is 26.1 Å². The quantitative estimate of drug-likeness (QED) is 0.686. The molecule has 0 aliphatic rings. The molecule has 0 spiro atoms. The van der Waals surface area contributed by atoms with Gasteiger partial charge in [-0.2, -0.15) is 0 Å². The van der Waals surface area contributed by atoms with Crippen molar-refractivity contribution in [2.24, 2.45) is 0 Å². The highest BCUT2D eigenvalue weighted by molar-refractivity contribution is 5.85. The summed E-state index contributed by atoms with van der Waals surface area (Å²) in [6.45, 7) is 4.64. The minimum absolute atomic E-state index is 0. The third-order valence-electron chi connectivity index (χ3n) is 3.02. The predicted molar refractivity (Wildman–Crippen MR) is 84.4 cm³/mol. The predicted octanol–water partition coefficient (Wildman–Crippen LogP) is 2.09. The van der Waals surface area contributed by atoms with Crippen molar-refractivity contribution in [2.45, 2.75) is 19.3 Å². The van der Waals surface area contributed by atoms with E-state index in [1.807, 2.05) is 13.0 Å². The zero-order valence-corrected chi connectivity index (χ0v) is 13.3. The van der Waals surface area contributed by atoms with Crippen LogP contribution in [0.2, 0.25) is 0 Å². The van der Waals surface area contributed by atoms with Crippen LogP contribution in [0, 0.1) is 5.82 Å². The molecule has 120 valence electrons. The van der Waals surface area contributed by atoms with Gasteiger partial charge in [-0.1, -0.05) is 19.1 Å². The summed E-state index contributed by atoms with van der Waals surface area (Å²) in [7, 11) is 1.65. The average Bonchev–Trinajstić information content (AvgIpc) is 2.42. The molecule has 0 saturated heterocycles. The van der Waals surface area contributed by atoms with Gasteiger partial charge in [0.1, 0.15) is 5.82 Å². The number of methoxy groups -OCH3 is 1. The van der Waals surface area contributed by atoms with Gasteiger partial charge in [-0.25, -0.2) is 4.39 Å². The second-order valence-electron chi connectivity index (χ2n) is 4.75. The largest absolute Gasteiger partial charge is 0.383 e. The van der Waals surface area contributed by atoms with Gasteiger partial charge in [-0.15, -0.1) is 12.4 Å². The molecule has 6 heteroatoms. The van der Waals surface area contributed by atoms with Crippen LogP contribution in [0.3, 0.4) is 0 Å². The van der Waals surface area contributed by atoms with E-state index in [-0.39, 0.29) is 30.0 Å². The Hall–Kier alpha value is -1.17. The molecule has 1 amide bonds. The summed E-state index contributed by atoms with van der Waals surface area (Å²) in [4.78, 5) is 11.7. The van der Waals surface area contributed by atoms with Crippen molar-refractivity contribution in [1.29, 1.82) is 0 Å². The van der Waals surface area contributed by atoms with E-state index in [1.165, 1.54) is 12.1 Å². The molecule has 4 nitrogen and oxygen atoms in total. The summed E-state index contributed by atoms with van der Waals surface area (Å²) in [5.41, 5.74) is 0.846. The normalized spacial score (nSPS) is 11.6. The Morgan fingerprint density at radius 1 is 1.33 bits per heavy atom. The van der Waals surface area contributed by atoms with Gasteiger partial charge in [0.15, 0.2) is 0 Å². The summed E-state index contributed by atoms with van der Waals surface area (Å²) in [5.74, 6) is -0.278. The number of nitrogens with one attached hydrogen (secondary N) is 2. The molecule has 1 atom stereocenters. The smallest absolute Gasteiger partial charge is 0.220 e. The molecule has 0 saturated carbocycles. The number of carbonyl (C=O) groups is 1. The fraction of sp³-hybridized carbons (Fsp3) is 0.533. The summed E-state index contributed by atoms with van der Waals surface area (Å²) in [6, 6.07) is 6.39. The van der Waals surface area contributed by atoms with E-state index in [4.69, 9.17) is 4.74 Å². The first-order valence-electron chi connectivity index (χ1n) is 6.85. The molecule has 0 aromatic heterocycles. The lowest BCUT2D eigenvalue weighted by atomic mass is 9.97. The summed E-state index contributed by atoms with van der Waals surface area (Å²) >= 11 is 0. The first kappa shape index (κ1) is 19.8. The number of hydrogen-bond donors (Lipinski definition) is 2. The Balaban J connectivity index is 0.00000400. The van der Waals surface area contributed by atoms with Crippen LogP contribution in [0.1, 0.15) is 24.8 Å². The molecule has 0 bridgehead atoms. The fourth-order valence-electron chi connectivity index (χ4n) is 1.87. The molecule has 0 heterocycles. The third kappa shape index (κ3) is 8.65. The Morgan fingerprint density at radius 2 is 2.10 bits per heavy atom. The average molecular weight is 319 g/mol. The second-order valence-corrected chi connectivity index (χ2v) is 4.75. The van der Waals surface area contributed by atoms with Crippen LogP contribution in [-0.4, -0.2) is 39.3 Å². The Kier molecular flexibility index (Phi) is 10.8. The number of carbonyl (C=O) groups excluding carboxylic acids is 1. The molecule has 1 aromatic carbocycles. The van der Waals surface area contributed by atoms with Gasteiger partial charge in [0.25, 0.3) is 0 Å². The van der Waals surface area contributed by atoms with Crippen LogP contribution in [0.5, 0.6) is 0 Å². The fourth-order valence-corrected chi connectivity index (χ4v) is 1.87. The molecule has 1 rings (SSSR count). The van der Waals surface area contributed by atoms with E-state index in [2.05, 4.69) is 10.6 Å². The topological polar surface area (TPSA) is 50.4 Å². The SMILES string of the molecule is COCCNCCNC(=O)CC(C)c1cccc(F)c1.Cl. The molecule has 1 aromatic rings. The molecular weight excluding hydrogens is 295 g/mol. The van der Waals surface area contributed by atoms with Crippen LogP contribution in [0.15, 0.2) is 24.3 Å². The van der Waals surface area contributed by atoms with Crippen LogP contribution < -0.4 is 10.6 Å². The molecule has 0 aliphatic heterocycles.